The fourth-order valence-corrected chi connectivity index (χ4v) is 5.15. The molecule has 5 aromatic rings. The number of hydrogen-bond acceptors (Lipinski definition) is 4. The average molecular weight is 489 g/mol. The van der Waals surface area contributed by atoms with Gasteiger partial charge in [-0.2, -0.15) is 10.1 Å². The molecule has 0 spiro atoms. The lowest BCUT2D eigenvalue weighted by Gasteiger charge is -2.28. The topological polar surface area (TPSA) is 76.8 Å². The van der Waals surface area contributed by atoms with Gasteiger partial charge in [0, 0.05) is 40.6 Å². The third-order valence-corrected chi connectivity index (χ3v) is 7.20. The molecule has 1 amide bonds. The van der Waals surface area contributed by atoms with Gasteiger partial charge in [0.15, 0.2) is 0 Å². The molecule has 7 heteroatoms. The number of para-hydroxylation sites is 1. The number of amides is 1. The van der Waals surface area contributed by atoms with Crippen LogP contribution in [0.15, 0.2) is 96.6 Å². The van der Waals surface area contributed by atoms with Crippen LogP contribution in [0.25, 0.3) is 10.9 Å². The fourth-order valence-electron chi connectivity index (χ4n) is 5.15. The molecule has 1 unspecified atom stereocenters. The van der Waals surface area contributed by atoms with Crippen LogP contribution in [0, 0.1) is 13.8 Å². The van der Waals surface area contributed by atoms with Crippen LogP contribution in [0.3, 0.4) is 0 Å². The lowest BCUT2D eigenvalue weighted by molar-refractivity contribution is -0.113. The molecule has 3 aromatic carbocycles. The molecule has 3 heterocycles. The maximum atomic E-state index is 13.9. The van der Waals surface area contributed by atoms with Gasteiger partial charge in [-0.05, 0) is 49.6 Å². The minimum Gasteiger partial charge on any atom is -0.343 e. The van der Waals surface area contributed by atoms with Crippen molar-refractivity contribution >= 4 is 28.4 Å². The quantitative estimate of drug-likeness (QED) is 0.327. The van der Waals surface area contributed by atoms with Crippen LogP contribution in [0.5, 0.6) is 0 Å². The number of rotatable bonds is 5. The molecule has 0 bridgehead atoms. The molecule has 0 saturated heterocycles. The summed E-state index contributed by atoms with van der Waals surface area (Å²) in [4.78, 5) is 18.3. The molecule has 1 atom stereocenters. The molecule has 1 aliphatic heterocycles. The first-order valence-electron chi connectivity index (χ1n) is 12.4. The van der Waals surface area contributed by atoms with E-state index in [2.05, 4.69) is 67.9 Å². The van der Waals surface area contributed by atoms with Gasteiger partial charge in [-0.3, -0.25) is 4.79 Å². The van der Waals surface area contributed by atoms with E-state index in [1.165, 1.54) is 11.9 Å². The Labute approximate surface area is 215 Å². The van der Waals surface area contributed by atoms with Crippen LogP contribution in [0.2, 0.25) is 0 Å². The van der Waals surface area contributed by atoms with Crippen LogP contribution in [0.1, 0.15) is 35.2 Å². The number of carbonyl (C=O) groups excluding carboxylic acids is 1. The van der Waals surface area contributed by atoms with E-state index in [9.17, 15) is 4.79 Å². The number of allylic oxidation sites excluding steroid dienone is 1. The van der Waals surface area contributed by atoms with E-state index in [-0.39, 0.29) is 5.91 Å². The first-order valence-corrected chi connectivity index (χ1v) is 12.4. The largest absolute Gasteiger partial charge is 0.343 e. The summed E-state index contributed by atoms with van der Waals surface area (Å²) in [7, 11) is 0. The Morgan fingerprint density at radius 1 is 0.973 bits per heavy atom. The predicted molar refractivity (Wildman–Crippen MR) is 147 cm³/mol. The van der Waals surface area contributed by atoms with E-state index in [0.29, 0.717) is 11.5 Å². The third kappa shape index (κ3) is 3.98. The fraction of sp³-hybridized carbons (Fsp3) is 0.167. The van der Waals surface area contributed by atoms with Gasteiger partial charge >= 0.3 is 0 Å². The van der Waals surface area contributed by atoms with Gasteiger partial charge in [-0.15, -0.1) is 0 Å². The zero-order valence-electron chi connectivity index (χ0n) is 21.1. The minimum atomic E-state index is -0.439. The van der Waals surface area contributed by atoms with E-state index in [1.54, 1.807) is 4.68 Å². The number of fused-ring (bicyclic) bond motifs is 2. The van der Waals surface area contributed by atoms with Crippen LogP contribution in [0.4, 0.5) is 11.6 Å². The molecule has 37 heavy (non-hydrogen) atoms. The Morgan fingerprint density at radius 3 is 2.59 bits per heavy atom. The highest BCUT2D eigenvalue weighted by atomic mass is 16.1. The summed E-state index contributed by atoms with van der Waals surface area (Å²) in [6, 6.07) is 24.2. The Morgan fingerprint density at radius 2 is 1.76 bits per heavy atom. The van der Waals surface area contributed by atoms with Crippen molar-refractivity contribution in [1.29, 1.82) is 0 Å². The smallest absolute Gasteiger partial charge is 0.255 e. The highest BCUT2D eigenvalue weighted by Crippen LogP contribution is 2.39. The lowest BCUT2D eigenvalue weighted by atomic mass is 9.94. The van der Waals surface area contributed by atoms with Crippen molar-refractivity contribution in [2.45, 2.75) is 33.4 Å². The highest BCUT2D eigenvalue weighted by molar-refractivity contribution is 6.07. The van der Waals surface area contributed by atoms with E-state index >= 15 is 0 Å². The van der Waals surface area contributed by atoms with E-state index in [4.69, 9.17) is 0 Å². The summed E-state index contributed by atoms with van der Waals surface area (Å²) >= 11 is 0. The maximum Gasteiger partial charge on any atom is 0.255 e. The Hall–Kier alpha value is -4.65. The van der Waals surface area contributed by atoms with E-state index in [1.807, 2.05) is 57.2 Å². The van der Waals surface area contributed by atoms with Crippen molar-refractivity contribution in [2.24, 2.45) is 0 Å². The maximum absolute atomic E-state index is 13.9. The molecule has 184 valence electrons. The van der Waals surface area contributed by atoms with Gasteiger partial charge in [0.05, 0.1) is 5.57 Å². The number of hydrogen-bond donors (Lipinski definition) is 2. The van der Waals surface area contributed by atoms with E-state index in [0.717, 1.165) is 45.5 Å². The molecule has 6 rings (SSSR count). The molecular weight excluding hydrogens is 460 g/mol. The summed E-state index contributed by atoms with van der Waals surface area (Å²) in [5.41, 5.74) is 7.68. The van der Waals surface area contributed by atoms with Gasteiger partial charge in [0.25, 0.3) is 5.91 Å². The lowest BCUT2D eigenvalue weighted by Crippen LogP contribution is -2.31. The minimum absolute atomic E-state index is 0.162. The summed E-state index contributed by atoms with van der Waals surface area (Å²) in [5, 5.41) is 12.1. The van der Waals surface area contributed by atoms with Crippen LogP contribution < -0.4 is 10.6 Å². The molecule has 0 saturated carbocycles. The van der Waals surface area contributed by atoms with Gasteiger partial charge in [-0.25, -0.2) is 4.68 Å². The summed E-state index contributed by atoms with van der Waals surface area (Å²) in [5.74, 6) is 0.454. The highest BCUT2D eigenvalue weighted by Gasteiger charge is 2.35. The molecular formula is C30H28N6O. The van der Waals surface area contributed by atoms with Crippen LogP contribution >= 0.6 is 0 Å². The standard InChI is InChI=1S/C30H28N6O/c1-19-10-9-14-25(20(19)2)34-29(37)27-21(3)33-30-31-18-32-36(30)28(27)24-17-35(16-22-11-5-4-6-12-22)26-15-8-7-13-23(24)26/h4-15,17-18,28H,16H2,1-3H3,(H,34,37)(H,31,32,33). The normalized spacial score (nSPS) is 14.9. The van der Waals surface area contributed by atoms with Crippen molar-refractivity contribution in [2.75, 3.05) is 10.6 Å². The number of anilines is 2. The zero-order chi connectivity index (χ0) is 25.5. The molecule has 0 radical (unpaired) electrons. The number of carbonyl (C=O) groups is 1. The SMILES string of the molecule is CC1=C(C(=O)Nc2cccc(C)c2C)C(c2cn(Cc3ccccc3)c3ccccc23)n2ncnc2N1. The van der Waals surface area contributed by atoms with E-state index < -0.39 is 6.04 Å². The van der Waals surface area contributed by atoms with Crippen molar-refractivity contribution in [3.63, 3.8) is 0 Å². The monoisotopic (exact) mass is 488 g/mol. The zero-order valence-corrected chi connectivity index (χ0v) is 21.1. The van der Waals surface area contributed by atoms with Gasteiger partial charge in [0.1, 0.15) is 12.4 Å². The first kappa shape index (κ1) is 22.8. The second kappa shape index (κ2) is 9.09. The molecule has 0 aliphatic carbocycles. The molecule has 0 fully saturated rings. The predicted octanol–water partition coefficient (Wildman–Crippen LogP) is 5.83. The third-order valence-electron chi connectivity index (χ3n) is 7.20. The number of benzene rings is 3. The second-order valence-corrected chi connectivity index (χ2v) is 9.51. The van der Waals surface area contributed by atoms with Gasteiger partial charge in [0.2, 0.25) is 5.95 Å². The average Bonchev–Trinajstić information content (AvgIpc) is 3.51. The number of aryl methyl sites for hydroxylation is 1. The summed E-state index contributed by atoms with van der Waals surface area (Å²) in [6.45, 7) is 6.72. The second-order valence-electron chi connectivity index (χ2n) is 9.51. The Balaban J connectivity index is 1.48. The molecule has 1 aliphatic rings. The summed E-state index contributed by atoms with van der Waals surface area (Å²) < 4.78 is 4.05. The van der Waals surface area contributed by atoms with Crippen LogP contribution in [-0.4, -0.2) is 25.2 Å². The van der Waals surface area contributed by atoms with Crippen molar-refractivity contribution in [1.82, 2.24) is 19.3 Å². The summed E-state index contributed by atoms with van der Waals surface area (Å²) in [6.07, 6.45) is 3.68. The Kier molecular flexibility index (Phi) is 5.60. The first-order chi connectivity index (χ1) is 18.0. The van der Waals surface area contributed by atoms with Crippen molar-refractivity contribution in [3.05, 3.63) is 119 Å². The van der Waals surface area contributed by atoms with Gasteiger partial charge < -0.3 is 15.2 Å². The van der Waals surface area contributed by atoms with Crippen LogP contribution in [-0.2, 0) is 11.3 Å². The Bertz CT molecular complexity index is 1660. The number of nitrogens with zero attached hydrogens (tertiary/aromatic N) is 4. The molecule has 2 aromatic heterocycles. The van der Waals surface area contributed by atoms with Crippen molar-refractivity contribution < 1.29 is 4.79 Å². The molecule has 7 nitrogen and oxygen atoms in total. The van der Waals surface area contributed by atoms with Crippen molar-refractivity contribution in [3.8, 4) is 0 Å². The number of nitrogens with one attached hydrogen (secondary N) is 2. The molecule has 2 N–H and O–H groups in total. The van der Waals surface area contributed by atoms with Gasteiger partial charge in [-0.1, -0.05) is 60.7 Å². The number of aromatic nitrogens is 4.